The van der Waals surface area contributed by atoms with Gasteiger partial charge in [0.15, 0.2) is 5.65 Å². The van der Waals surface area contributed by atoms with Crippen LogP contribution >= 0.6 is 0 Å². The van der Waals surface area contributed by atoms with Gasteiger partial charge in [0.2, 0.25) is 5.91 Å². The average molecular weight is 287 g/mol. The van der Waals surface area contributed by atoms with Crippen LogP contribution in [0.25, 0.3) is 11.0 Å². The van der Waals surface area contributed by atoms with Gasteiger partial charge in [-0.05, 0) is 39.3 Å². The highest BCUT2D eigenvalue weighted by Gasteiger charge is 2.21. The van der Waals surface area contributed by atoms with Crippen LogP contribution in [0.2, 0.25) is 0 Å². The normalized spacial score (nSPS) is 19.1. The van der Waals surface area contributed by atoms with Gasteiger partial charge in [-0.2, -0.15) is 5.10 Å². The molecule has 21 heavy (non-hydrogen) atoms. The average Bonchev–Trinajstić information content (AvgIpc) is 2.91. The number of carbonyl (C=O) groups is 1. The number of aromatic nitrogens is 3. The molecule has 1 aliphatic heterocycles. The molecule has 6 heteroatoms. The van der Waals surface area contributed by atoms with Crippen molar-refractivity contribution in [2.24, 2.45) is 5.92 Å². The van der Waals surface area contributed by atoms with Gasteiger partial charge >= 0.3 is 0 Å². The van der Waals surface area contributed by atoms with Crippen LogP contribution in [-0.2, 0) is 4.79 Å². The first-order valence-corrected chi connectivity index (χ1v) is 7.50. The Kier molecular flexibility index (Phi) is 3.88. The molecule has 0 aliphatic carbocycles. The first kappa shape index (κ1) is 14.0. The maximum atomic E-state index is 12.2. The summed E-state index contributed by atoms with van der Waals surface area (Å²) in [4.78, 5) is 16.6. The van der Waals surface area contributed by atoms with Gasteiger partial charge in [-0.3, -0.25) is 4.79 Å². The molecule has 2 aromatic rings. The fourth-order valence-corrected chi connectivity index (χ4v) is 2.71. The van der Waals surface area contributed by atoms with Crippen LogP contribution < -0.4 is 10.6 Å². The topological polar surface area (TPSA) is 71.8 Å². The molecule has 0 saturated carbocycles. The van der Waals surface area contributed by atoms with Crippen LogP contribution in [0, 0.1) is 5.92 Å². The van der Waals surface area contributed by atoms with E-state index in [9.17, 15) is 4.79 Å². The summed E-state index contributed by atoms with van der Waals surface area (Å²) in [6.07, 6.45) is 5.49. The van der Waals surface area contributed by atoms with Gasteiger partial charge in [0.1, 0.15) is 0 Å². The fourth-order valence-electron chi connectivity index (χ4n) is 2.71. The summed E-state index contributed by atoms with van der Waals surface area (Å²) < 4.78 is 1.88. The van der Waals surface area contributed by atoms with Gasteiger partial charge in [-0.1, -0.05) is 0 Å². The number of carbonyl (C=O) groups excluding carboxylic acids is 1. The second-order valence-electron chi connectivity index (χ2n) is 5.85. The van der Waals surface area contributed by atoms with Crippen LogP contribution in [-0.4, -0.2) is 33.8 Å². The van der Waals surface area contributed by atoms with Crippen LogP contribution in [0.5, 0.6) is 0 Å². The molecule has 112 valence electrons. The molecule has 0 bridgehead atoms. The lowest BCUT2D eigenvalue weighted by atomic mass is 9.99. The number of hydrogen-bond acceptors (Lipinski definition) is 4. The molecule has 0 radical (unpaired) electrons. The highest BCUT2D eigenvalue weighted by molar-refractivity contribution is 5.94. The molecule has 6 nitrogen and oxygen atoms in total. The number of rotatable bonds is 3. The second-order valence-corrected chi connectivity index (χ2v) is 5.85. The van der Waals surface area contributed by atoms with Crippen molar-refractivity contribution >= 4 is 22.6 Å². The molecular weight excluding hydrogens is 266 g/mol. The zero-order valence-corrected chi connectivity index (χ0v) is 12.5. The lowest BCUT2D eigenvalue weighted by Crippen LogP contribution is -2.37. The van der Waals surface area contributed by atoms with Gasteiger partial charge in [0.25, 0.3) is 0 Å². The van der Waals surface area contributed by atoms with Crippen LogP contribution in [0.3, 0.4) is 0 Å². The summed E-state index contributed by atoms with van der Waals surface area (Å²) in [7, 11) is 0. The monoisotopic (exact) mass is 287 g/mol. The Morgan fingerprint density at radius 3 is 3.05 bits per heavy atom. The lowest BCUT2D eigenvalue weighted by Gasteiger charge is -2.21. The fraction of sp³-hybridized carbons (Fsp3) is 0.533. The molecule has 2 N–H and O–H groups in total. The van der Waals surface area contributed by atoms with Crippen molar-refractivity contribution in [1.29, 1.82) is 0 Å². The number of pyridine rings is 1. The number of piperidine rings is 1. The molecule has 0 aromatic carbocycles. The third kappa shape index (κ3) is 2.90. The number of nitrogens with one attached hydrogen (secondary N) is 2. The Labute approximate surface area is 123 Å². The Bertz CT molecular complexity index is 643. The van der Waals surface area contributed by atoms with E-state index in [0.29, 0.717) is 0 Å². The summed E-state index contributed by atoms with van der Waals surface area (Å²) in [6, 6.07) is 2.20. The Hall–Kier alpha value is -1.95. The summed E-state index contributed by atoms with van der Waals surface area (Å²) in [5, 5.41) is 11.5. The Morgan fingerprint density at radius 1 is 1.48 bits per heavy atom. The summed E-state index contributed by atoms with van der Waals surface area (Å²) >= 11 is 0. The first-order valence-electron chi connectivity index (χ1n) is 7.50. The quantitative estimate of drug-likeness (QED) is 0.905. The van der Waals surface area contributed by atoms with E-state index in [1.165, 1.54) is 0 Å². The standard InChI is InChI=1S/C15H21N5O/c1-10(2)20-14-12(8-18-20)6-13(9-17-14)19-15(21)11-4-3-5-16-7-11/h6,8-11,16H,3-5,7H2,1-2H3,(H,19,21). The molecule has 1 saturated heterocycles. The van der Waals surface area contributed by atoms with Crippen molar-refractivity contribution in [3.05, 3.63) is 18.5 Å². The number of fused-ring (bicyclic) bond motifs is 1. The number of amides is 1. The van der Waals surface area contributed by atoms with Gasteiger partial charge in [0, 0.05) is 18.0 Å². The SMILES string of the molecule is CC(C)n1ncc2cc(NC(=O)C3CCCNC3)cnc21. The molecule has 3 rings (SSSR count). The van der Waals surface area contributed by atoms with Crippen LogP contribution in [0.4, 0.5) is 5.69 Å². The highest BCUT2D eigenvalue weighted by Crippen LogP contribution is 2.20. The first-order chi connectivity index (χ1) is 10.1. The molecular formula is C15H21N5O. The van der Waals surface area contributed by atoms with E-state index in [0.717, 1.165) is 42.7 Å². The Balaban J connectivity index is 1.76. The van der Waals surface area contributed by atoms with E-state index in [1.54, 1.807) is 12.4 Å². The van der Waals surface area contributed by atoms with Gasteiger partial charge in [-0.15, -0.1) is 0 Å². The third-order valence-electron chi connectivity index (χ3n) is 3.86. The lowest BCUT2D eigenvalue weighted by molar-refractivity contribution is -0.120. The van der Waals surface area contributed by atoms with Gasteiger partial charge in [0.05, 0.1) is 24.0 Å². The third-order valence-corrected chi connectivity index (χ3v) is 3.86. The van der Waals surface area contributed by atoms with Crippen molar-refractivity contribution in [3.63, 3.8) is 0 Å². The van der Waals surface area contributed by atoms with Crippen LogP contribution in [0.15, 0.2) is 18.5 Å². The Morgan fingerprint density at radius 2 is 2.33 bits per heavy atom. The minimum absolute atomic E-state index is 0.0489. The van der Waals surface area contributed by atoms with Crippen molar-refractivity contribution in [1.82, 2.24) is 20.1 Å². The molecule has 1 unspecified atom stereocenters. The van der Waals surface area contributed by atoms with Gasteiger partial charge < -0.3 is 10.6 Å². The zero-order valence-electron chi connectivity index (χ0n) is 12.5. The van der Waals surface area contributed by atoms with Crippen LogP contribution in [0.1, 0.15) is 32.7 Å². The van der Waals surface area contributed by atoms with E-state index in [2.05, 4.69) is 34.6 Å². The minimum atomic E-state index is 0.0489. The smallest absolute Gasteiger partial charge is 0.228 e. The van der Waals surface area contributed by atoms with Crippen molar-refractivity contribution in [3.8, 4) is 0 Å². The molecule has 1 fully saturated rings. The highest BCUT2D eigenvalue weighted by atomic mass is 16.1. The predicted octanol–water partition coefficient (Wildman–Crippen LogP) is 1.95. The van der Waals surface area contributed by atoms with E-state index in [1.807, 2.05) is 10.7 Å². The molecule has 1 aliphatic rings. The van der Waals surface area contributed by atoms with E-state index < -0.39 is 0 Å². The maximum Gasteiger partial charge on any atom is 0.228 e. The summed E-state index contributed by atoms with van der Waals surface area (Å²) in [5.41, 5.74) is 1.59. The number of anilines is 1. The summed E-state index contributed by atoms with van der Waals surface area (Å²) in [5.74, 6) is 0.118. The number of hydrogen-bond donors (Lipinski definition) is 2. The molecule has 2 aromatic heterocycles. The van der Waals surface area contributed by atoms with E-state index >= 15 is 0 Å². The maximum absolute atomic E-state index is 12.2. The molecule has 0 spiro atoms. The minimum Gasteiger partial charge on any atom is -0.324 e. The van der Waals surface area contributed by atoms with Crippen molar-refractivity contribution in [2.45, 2.75) is 32.7 Å². The number of nitrogens with zero attached hydrogens (tertiary/aromatic N) is 3. The van der Waals surface area contributed by atoms with Gasteiger partial charge in [-0.25, -0.2) is 9.67 Å². The second kappa shape index (κ2) is 5.81. The van der Waals surface area contributed by atoms with Crippen molar-refractivity contribution < 1.29 is 4.79 Å². The van der Waals surface area contributed by atoms with Crippen molar-refractivity contribution in [2.75, 3.05) is 18.4 Å². The van der Waals surface area contributed by atoms with E-state index in [4.69, 9.17) is 0 Å². The van der Waals surface area contributed by atoms with E-state index in [-0.39, 0.29) is 17.9 Å². The molecule has 3 heterocycles. The largest absolute Gasteiger partial charge is 0.324 e. The molecule has 1 atom stereocenters. The summed E-state index contributed by atoms with van der Waals surface area (Å²) in [6.45, 7) is 5.90. The predicted molar refractivity (Wildman–Crippen MR) is 82.1 cm³/mol. The molecule has 1 amide bonds. The zero-order chi connectivity index (χ0) is 14.8.